The molecule has 3 atom stereocenters. The fraction of sp³-hybridized carbons (Fsp3) is 0.500. The molecule has 0 aliphatic carbocycles. The smallest absolute Gasteiger partial charge is 0.480 e. The van der Waals surface area contributed by atoms with E-state index in [0.29, 0.717) is 0 Å². The van der Waals surface area contributed by atoms with Crippen LogP contribution in [0.15, 0.2) is 0 Å². The molecule has 0 aromatic heterocycles. The molecule has 0 spiro atoms. The molecule has 0 saturated carbocycles. The Hall–Kier alpha value is -2.75. The van der Waals surface area contributed by atoms with Crippen molar-refractivity contribution in [2.24, 2.45) is 0 Å². The van der Waals surface area contributed by atoms with Crippen LogP contribution >= 0.6 is 8.60 Å². The van der Waals surface area contributed by atoms with E-state index in [9.17, 15) is 28.8 Å². The molecule has 25 heavy (non-hydrogen) atoms. The van der Waals surface area contributed by atoms with E-state index < -0.39 is 69.2 Å². The molecule has 12 nitrogen and oxygen atoms in total. The van der Waals surface area contributed by atoms with E-state index in [-0.39, 0.29) is 0 Å². The summed E-state index contributed by atoms with van der Waals surface area (Å²) in [5.41, 5.74) is 0. The highest BCUT2D eigenvalue weighted by atomic mass is 31.2. The van der Waals surface area contributed by atoms with Crippen LogP contribution in [-0.4, -0.2) is 52.9 Å². The van der Waals surface area contributed by atoms with E-state index in [1.54, 1.807) is 0 Å². The van der Waals surface area contributed by atoms with E-state index in [1.807, 2.05) is 5.32 Å². The number of carboxylic acids is 1. The van der Waals surface area contributed by atoms with Crippen LogP contribution in [0.1, 0.15) is 26.7 Å². The summed E-state index contributed by atoms with van der Waals surface area (Å²) < 4.78 is 14.0. The number of hydrogen-bond acceptors (Lipinski definition) is 9. The van der Waals surface area contributed by atoms with E-state index in [1.165, 1.54) is 0 Å². The lowest BCUT2D eigenvalue weighted by Gasteiger charge is -2.15. The number of hydrogen-bond donors (Lipinski definition) is 3. The lowest BCUT2D eigenvalue weighted by atomic mass is 10.2. The average molecular weight is 378 g/mol. The Labute approximate surface area is 142 Å². The van der Waals surface area contributed by atoms with Gasteiger partial charge in [-0.2, -0.15) is 0 Å². The van der Waals surface area contributed by atoms with Crippen LogP contribution in [0.4, 0.5) is 0 Å². The molecule has 2 amide bonds. The quantitative estimate of drug-likeness (QED) is 0.473. The molecule has 0 aromatic carbocycles. The molecule has 0 bridgehead atoms. The molecule has 1 aliphatic rings. The van der Waals surface area contributed by atoms with Gasteiger partial charge < -0.3 is 29.3 Å². The molecule has 1 aliphatic heterocycles. The number of rotatable bonds is 6. The van der Waals surface area contributed by atoms with Crippen molar-refractivity contribution in [2.75, 3.05) is 0 Å². The average Bonchev–Trinajstić information content (AvgIpc) is 2.55. The Kier molecular flexibility index (Phi) is 7.24. The normalized spacial score (nSPS) is 21.0. The molecule has 3 N–H and O–H groups in total. The third kappa shape index (κ3) is 7.12. The summed E-state index contributed by atoms with van der Waals surface area (Å²) in [5.74, 6) is -5.93. The van der Waals surface area contributed by atoms with E-state index in [0.717, 1.165) is 13.8 Å². The summed E-state index contributed by atoms with van der Waals surface area (Å²) >= 11 is 0. The van der Waals surface area contributed by atoms with Gasteiger partial charge in [0.2, 0.25) is 11.8 Å². The number of carbonyl (C=O) groups is 6. The van der Waals surface area contributed by atoms with Gasteiger partial charge >= 0.3 is 32.5 Å². The van der Waals surface area contributed by atoms with Gasteiger partial charge in [0.25, 0.3) is 0 Å². The zero-order valence-electron chi connectivity index (χ0n) is 13.1. The molecule has 1 fully saturated rings. The second kappa shape index (κ2) is 8.92. The van der Waals surface area contributed by atoms with Gasteiger partial charge in [-0.15, -0.1) is 0 Å². The van der Waals surface area contributed by atoms with Gasteiger partial charge in [-0.3, -0.25) is 19.2 Å². The van der Waals surface area contributed by atoms with Crippen molar-refractivity contribution in [2.45, 2.75) is 38.8 Å². The molecule has 1 heterocycles. The third-order valence-electron chi connectivity index (χ3n) is 2.60. The maximum Gasteiger partial charge on any atom is 0.537 e. The predicted octanol–water partition coefficient (Wildman–Crippen LogP) is -1.27. The fourth-order valence-corrected chi connectivity index (χ4v) is 2.52. The third-order valence-corrected chi connectivity index (χ3v) is 3.63. The van der Waals surface area contributed by atoms with Crippen molar-refractivity contribution in [1.82, 2.24) is 10.6 Å². The van der Waals surface area contributed by atoms with Gasteiger partial charge in [0.15, 0.2) is 0 Å². The van der Waals surface area contributed by atoms with Crippen LogP contribution in [0, 0.1) is 0 Å². The maximum atomic E-state index is 11.8. The number of amides is 2. The van der Waals surface area contributed by atoms with Crippen molar-refractivity contribution >= 4 is 44.3 Å². The van der Waals surface area contributed by atoms with E-state index in [4.69, 9.17) is 5.11 Å². The van der Waals surface area contributed by atoms with Gasteiger partial charge in [0.1, 0.15) is 12.1 Å². The summed E-state index contributed by atoms with van der Waals surface area (Å²) in [6, 6.07) is -2.85. The Balaban J connectivity index is 2.68. The molecule has 138 valence electrons. The number of nitrogens with one attached hydrogen (secondary N) is 2. The van der Waals surface area contributed by atoms with Crippen LogP contribution in [0.25, 0.3) is 0 Å². The highest BCUT2D eigenvalue weighted by Crippen LogP contribution is 2.43. The fourth-order valence-electron chi connectivity index (χ4n) is 1.65. The summed E-state index contributed by atoms with van der Waals surface area (Å²) in [6.07, 6.45) is -1.30. The standard InChI is InChI=1S/C12H15N2O10P/c1-5(15)13-7(11(19)20)3-9(17)22-25-23-10(18)4-8(12(21)24-25)14-6(2)16/h7-8H,3-4H2,1-2H3,(H,13,15)(H,14,16)(H,19,20)/t7-,8+,25?/m0/s1. The second-order valence-electron chi connectivity index (χ2n) is 4.81. The Morgan fingerprint density at radius 1 is 1.24 bits per heavy atom. The maximum absolute atomic E-state index is 11.8. The van der Waals surface area contributed by atoms with Crippen LogP contribution in [0.3, 0.4) is 0 Å². The van der Waals surface area contributed by atoms with Crippen LogP contribution < -0.4 is 10.6 Å². The molecule has 1 unspecified atom stereocenters. The van der Waals surface area contributed by atoms with Crippen molar-refractivity contribution in [3.8, 4) is 0 Å². The van der Waals surface area contributed by atoms with Crippen molar-refractivity contribution in [3.63, 3.8) is 0 Å². The SMILES string of the molecule is CC(=O)N[C@@H](CC(=O)OP1OC(=O)C[C@@H](NC(C)=O)C(=O)O1)C(=O)O. The van der Waals surface area contributed by atoms with Crippen LogP contribution in [0.5, 0.6) is 0 Å². The first-order chi connectivity index (χ1) is 11.6. The molecule has 0 radical (unpaired) electrons. The molecule has 13 heteroatoms. The van der Waals surface area contributed by atoms with Gasteiger partial charge in [-0.1, -0.05) is 0 Å². The molecular weight excluding hydrogens is 363 g/mol. The van der Waals surface area contributed by atoms with Crippen molar-refractivity contribution in [3.05, 3.63) is 0 Å². The summed E-state index contributed by atoms with van der Waals surface area (Å²) in [7, 11) is -2.74. The molecule has 1 rings (SSSR count). The van der Waals surface area contributed by atoms with Gasteiger partial charge in [0.05, 0.1) is 12.8 Å². The topological polar surface area (TPSA) is 174 Å². The minimum Gasteiger partial charge on any atom is -0.480 e. The lowest BCUT2D eigenvalue weighted by Crippen LogP contribution is -2.41. The van der Waals surface area contributed by atoms with E-state index in [2.05, 4.69) is 18.9 Å². The molecule has 0 aromatic rings. The Bertz CT molecular complexity index is 607. The zero-order chi connectivity index (χ0) is 19.1. The molecular formula is C12H15N2O10P. The summed E-state index contributed by atoms with van der Waals surface area (Å²) in [4.78, 5) is 67.8. The van der Waals surface area contributed by atoms with Gasteiger partial charge in [-0.05, 0) is 0 Å². The van der Waals surface area contributed by atoms with Crippen LogP contribution in [0.2, 0.25) is 0 Å². The lowest BCUT2D eigenvalue weighted by molar-refractivity contribution is -0.147. The highest BCUT2D eigenvalue weighted by Gasteiger charge is 2.38. The summed E-state index contributed by atoms with van der Waals surface area (Å²) in [6.45, 7) is 2.18. The first kappa shape index (κ1) is 20.3. The number of carbonyl (C=O) groups excluding carboxylic acids is 5. The largest absolute Gasteiger partial charge is 0.537 e. The zero-order valence-corrected chi connectivity index (χ0v) is 14.0. The monoisotopic (exact) mass is 378 g/mol. The Morgan fingerprint density at radius 3 is 2.40 bits per heavy atom. The predicted molar refractivity (Wildman–Crippen MR) is 77.3 cm³/mol. The van der Waals surface area contributed by atoms with Gasteiger partial charge in [0, 0.05) is 13.8 Å². The number of carboxylic acid groups (broad SMARTS) is 1. The Morgan fingerprint density at radius 2 is 1.88 bits per heavy atom. The first-order valence-corrected chi connectivity index (χ1v) is 7.88. The summed E-state index contributed by atoms with van der Waals surface area (Å²) in [5, 5.41) is 13.1. The number of aliphatic carboxylic acids is 1. The van der Waals surface area contributed by atoms with Crippen LogP contribution in [-0.2, 0) is 42.3 Å². The molecule has 1 saturated heterocycles. The van der Waals surface area contributed by atoms with E-state index >= 15 is 0 Å². The van der Waals surface area contributed by atoms with Crippen molar-refractivity contribution in [1.29, 1.82) is 0 Å². The van der Waals surface area contributed by atoms with Gasteiger partial charge in [-0.25, -0.2) is 9.59 Å². The van der Waals surface area contributed by atoms with Crippen molar-refractivity contribution < 1.29 is 47.4 Å². The highest BCUT2D eigenvalue weighted by molar-refractivity contribution is 7.43. The minimum absolute atomic E-state index is 0.515. The minimum atomic E-state index is -2.74. The first-order valence-electron chi connectivity index (χ1n) is 6.79. The second-order valence-corrected chi connectivity index (χ2v) is 5.81.